The first-order chi connectivity index (χ1) is 7.88. The van der Waals surface area contributed by atoms with Gasteiger partial charge < -0.3 is 5.73 Å². The molecule has 1 heterocycles. The summed E-state index contributed by atoms with van der Waals surface area (Å²) in [5.41, 5.74) is 6.10. The Kier molecular flexibility index (Phi) is 3.01. The molecule has 17 heavy (non-hydrogen) atoms. The molecular weight excluding hydrogens is 240 g/mol. The molecule has 0 saturated heterocycles. The molecule has 1 aromatic rings. The molecule has 1 saturated carbocycles. The van der Waals surface area contributed by atoms with E-state index in [9.17, 15) is 8.42 Å². The molecule has 2 rings (SSSR count). The lowest BCUT2D eigenvalue weighted by atomic mass is 9.80. The Hall–Kier alpha value is -0.920. The maximum absolute atomic E-state index is 12.3. The maximum Gasteiger partial charge on any atom is 0.244 e. The molecule has 0 radical (unpaired) electrons. The van der Waals surface area contributed by atoms with Crippen LogP contribution in [0, 0.1) is 6.92 Å². The van der Waals surface area contributed by atoms with Gasteiger partial charge in [0.2, 0.25) is 10.0 Å². The predicted molar refractivity (Wildman–Crippen MR) is 63.8 cm³/mol. The van der Waals surface area contributed by atoms with Crippen LogP contribution in [0.1, 0.15) is 37.6 Å². The Balaban J connectivity index is 2.34. The zero-order valence-electron chi connectivity index (χ0n) is 10.1. The molecule has 1 aliphatic rings. The summed E-state index contributed by atoms with van der Waals surface area (Å²) in [5.74, 6) is 0. The van der Waals surface area contributed by atoms with Crippen molar-refractivity contribution in [1.29, 1.82) is 0 Å². The van der Waals surface area contributed by atoms with E-state index in [1.54, 1.807) is 6.92 Å². The van der Waals surface area contributed by atoms with Crippen LogP contribution in [0.15, 0.2) is 4.90 Å². The van der Waals surface area contributed by atoms with Crippen molar-refractivity contribution in [3.63, 3.8) is 0 Å². The lowest BCUT2D eigenvalue weighted by molar-refractivity contribution is 0.248. The highest BCUT2D eigenvalue weighted by Gasteiger charge is 2.37. The number of nitrogens with one attached hydrogen (secondary N) is 2. The van der Waals surface area contributed by atoms with Crippen LogP contribution >= 0.6 is 0 Å². The van der Waals surface area contributed by atoms with Gasteiger partial charge >= 0.3 is 0 Å². The highest BCUT2D eigenvalue weighted by atomic mass is 32.2. The van der Waals surface area contributed by atoms with Crippen LogP contribution in [0.4, 0.5) is 0 Å². The standard InChI is InChI=1S/C10H18N4O2S/c1-7-9(8(6-11)13-12-7)17(15,16)14-10(2)4-3-5-10/h14H,3-6,11H2,1-2H3,(H,12,13). The fourth-order valence-corrected chi connectivity index (χ4v) is 3.99. The lowest BCUT2D eigenvalue weighted by Gasteiger charge is -2.38. The first kappa shape index (κ1) is 12.5. The summed E-state index contributed by atoms with van der Waals surface area (Å²) in [6, 6.07) is 0. The number of aromatic nitrogens is 2. The molecule has 7 heteroatoms. The van der Waals surface area contributed by atoms with E-state index >= 15 is 0 Å². The van der Waals surface area contributed by atoms with E-state index in [1.807, 2.05) is 6.92 Å². The molecule has 0 atom stereocenters. The van der Waals surface area contributed by atoms with E-state index in [2.05, 4.69) is 14.9 Å². The number of aromatic amines is 1. The first-order valence-corrected chi connectivity index (χ1v) is 7.14. The summed E-state index contributed by atoms with van der Waals surface area (Å²) in [5, 5.41) is 6.57. The van der Waals surface area contributed by atoms with Gasteiger partial charge in [0.1, 0.15) is 4.90 Å². The van der Waals surface area contributed by atoms with Crippen molar-refractivity contribution in [3.05, 3.63) is 11.4 Å². The third-order valence-electron chi connectivity index (χ3n) is 3.26. The zero-order valence-corrected chi connectivity index (χ0v) is 10.9. The molecule has 6 nitrogen and oxygen atoms in total. The van der Waals surface area contributed by atoms with E-state index < -0.39 is 10.0 Å². The van der Waals surface area contributed by atoms with Crippen LogP contribution in [0.25, 0.3) is 0 Å². The van der Waals surface area contributed by atoms with Gasteiger partial charge in [-0.05, 0) is 33.1 Å². The third-order valence-corrected chi connectivity index (χ3v) is 5.10. The summed E-state index contributed by atoms with van der Waals surface area (Å²) >= 11 is 0. The van der Waals surface area contributed by atoms with Crippen molar-refractivity contribution >= 4 is 10.0 Å². The van der Waals surface area contributed by atoms with Crippen molar-refractivity contribution < 1.29 is 8.42 Å². The molecule has 96 valence electrons. The summed E-state index contributed by atoms with van der Waals surface area (Å²) in [7, 11) is -3.53. The van der Waals surface area contributed by atoms with Crippen molar-refractivity contribution in [3.8, 4) is 0 Å². The predicted octanol–water partition coefficient (Wildman–Crippen LogP) is 0.398. The second-order valence-electron chi connectivity index (χ2n) is 4.85. The molecule has 0 unspecified atom stereocenters. The number of H-pyrrole nitrogens is 1. The van der Waals surface area contributed by atoms with Gasteiger partial charge in [-0.25, -0.2) is 13.1 Å². The van der Waals surface area contributed by atoms with Gasteiger partial charge in [-0.1, -0.05) is 0 Å². The molecule has 0 amide bonds. The van der Waals surface area contributed by atoms with E-state index in [1.165, 1.54) is 0 Å². The summed E-state index contributed by atoms with van der Waals surface area (Å²) < 4.78 is 27.3. The second-order valence-corrected chi connectivity index (χ2v) is 6.47. The number of sulfonamides is 1. The summed E-state index contributed by atoms with van der Waals surface area (Å²) in [6.45, 7) is 3.71. The Morgan fingerprint density at radius 3 is 2.65 bits per heavy atom. The van der Waals surface area contributed by atoms with Gasteiger partial charge in [-0.2, -0.15) is 5.10 Å². The van der Waals surface area contributed by atoms with Crippen molar-refractivity contribution in [2.75, 3.05) is 0 Å². The van der Waals surface area contributed by atoms with Gasteiger partial charge in [0.05, 0.1) is 11.4 Å². The number of rotatable bonds is 4. The number of hydrogen-bond acceptors (Lipinski definition) is 4. The van der Waals surface area contributed by atoms with Gasteiger partial charge in [-0.3, -0.25) is 5.10 Å². The van der Waals surface area contributed by atoms with E-state index in [-0.39, 0.29) is 17.0 Å². The molecular formula is C10H18N4O2S. The fourth-order valence-electron chi connectivity index (χ4n) is 2.15. The minimum atomic E-state index is -3.53. The molecule has 1 fully saturated rings. The number of hydrogen-bond donors (Lipinski definition) is 3. The molecule has 0 aliphatic heterocycles. The van der Waals surface area contributed by atoms with Crippen LogP contribution in [0.5, 0.6) is 0 Å². The van der Waals surface area contributed by atoms with E-state index in [0.29, 0.717) is 11.4 Å². The Morgan fingerprint density at radius 1 is 1.53 bits per heavy atom. The van der Waals surface area contributed by atoms with Crippen molar-refractivity contribution in [2.45, 2.75) is 50.1 Å². The van der Waals surface area contributed by atoms with E-state index in [0.717, 1.165) is 19.3 Å². The number of aryl methyl sites for hydroxylation is 1. The van der Waals surface area contributed by atoms with Gasteiger partial charge in [0.25, 0.3) is 0 Å². The molecule has 1 aromatic heterocycles. The average Bonchev–Trinajstić information content (AvgIpc) is 2.57. The monoisotopic (exact) mass is 258 g/mol. The lowest BCUT2D eigenvalue weighted by Crippen LogP contribution is -2.50. The highest BCUT2D eigenvalue weighted by Crippen LogP contribution is 2.33. The van der Waals surface area contributed by atoms with Crippen LogP contribution in [-0.2, 0) is 16.6 Å². The minimum Gasteiger partial charge on any atom is -0.325 e. The summed E-state index contributed by atoms with van der Waals surface area (Å²) in [6.07, 6.45) is 2.81. The van der Waals surface area contributed by atoms with Crippen LogP contribution in [0.2, 0.25) is 0 Å². The maximum atomic E-state index is 12.3. The van der Waals surface area contributed by atoms with E-state index in [4.69, 9.17) is 5.73 Å². The zero-order chi connectivity index (χ0) is 12.7. The van der Waals surface area contributed by atoms with Gasteiger partial charge in [0.15, 0.2) is 0 Å². The SMILES string of the molecule is Cc1[nH]nc(CN)c1S(=O)(=O)NC1(C)CCC1. The van der Waals surface area contributed by atoms with Gasteiger partial charge in [0, 0.05) is 12.1 Å². The highest BCUT2D eigenvalue weighted by molar-refractivity contribution is 7.89. The quantitative estimate of drug-likeness (QED) is 0.727. The smallest absolute Gasteiger partial charge is 0.244 e. The summed E-state index contributed by atoms with van der Waals surface area (Å²) in [4.78, 5) is 0.202. The average molecular weight is 258 g/mol. The molecule has 0 aromatic carbocycles. The first-order valence-electron chi connectivity index (χ1n) is 5.66. The largest absolute Gasteiger partial charge is 0.325 e. The molecule has 0 spiro atoms. The topological polar surface area (TPSA) is 101 Å². The van der Waals surface area contributed by atoms with Crippen molar-refractivity contribution in [2.24, 2.45) is 5.73 Å². The Bertz CT molecular complexity index is 516. The van der Waals surface area contributed by atoms with Crippen LogP contribution < -0.4 is 10.5 Å². The normalized spacial score (nSPS) is 19.0. The van der Waals surface area contributed by atoms with Gasteiger partial charge in [-0.15, -0.1) is 0 Å². The Labute approximate surface area is 101 Å². The number of nitrogens with two attached hydrogens (primary N) is 1. The van der Waals surface area contributed by atoms with Crippen LogP contribution in [-0.4, -0.2) is 24.2 Å². The number of nitrogens with zero attached hydrogens (tertiary/aromatic N) is 1. The third kappa shape index (κ3) is 2.22. The Morgan fingerprint density at radius 2 is 2.18 bits per heavy atom. The second kappa shape index (κ2) is 4.08. The minimum absolute atomic E-state index is 0.108. The van der Waals surface area contributed by atoms with Crippen LogP contribution in [0.3, 0.4) is 0 Å². The molecule has 4 N–H and O–H groups in total. The van der Waals surface area contributed by atoms with Crippen molar-refractivity contribution in [1.82, 2.24) is 14.9 Å². The molecule has 1 aliphatic carbocycles. The molecule has 0 bridgehead atoms. The fraction of sp³-hybridized carbons (Fsp3) is 0.700.